The first-order chi connectivity index (χ1) is 18.2. The summed E-state index contributed by atoms with van der Waals surface area (Å²) in [6.45, 7) is 4.55. The van der Waals surface area contributed by atoms with Gasteiger partial charge in [0, 0.05) is 12.8 Å². The topological polar surface area (TPSA) is 43.4 Å². The van der Waals surface area contributed by atoms with Crippen LogP contribution in [0.2, 0.25) is 0 Å². The molecule has 0 aromatic heterocycles. The van der Waals surface area contributed by atoms with E-state index in [-0.39, 0.29) is 37.8 Å². The summed E-state index contributed by atoms with van der Waals surface area (Å²) in [5.74, 6) is -0.650. The monoisotopic (exact) mass is 549 g/mol. The molecule has 0 radical (unpaired) electrons. The van der Waals surface area contributed by atoms with Gasteiger partial charge in [0.1, 0.15) is 0 Å². The molecule has 0 aliphatic rings. The first kappa shape index (κ1) is 40.0. The van der Waals surface area contributed by atoms with E-state index < -0.39 is 0 Å². The predicted molar refractivity (Wildman–Crippen MR) is 169 cm³/mol. The van der Waals surface area contributed by atoms with Crippen LogP contribution in [0.15, 0.2) is 0 Å². The van der Waals surface area contributed by atoms with Gasteiger partial charge in [0.2, 0.25) is 0 Å². The quantitative estimate of drug-likeness (QED) is 0.0388. The van der Waals surface area contributed by atoms with Crippen LogP contribution < -0.4 is 0 Å². The smallest absolute Gasteiger partial charge is 1.00 e. The summed E-state index contributed by atoms with van der Waals surface area (Å²) in [6, 6.07) is 0. The van der Waals surface area contributed by atoms with E-state index in [1.165, 1.54) is 154 Å². The molecule has 0 spiro atoms. The average Bonchev–Trinajstić information content (AvgIpc) is 2.89. The molecule has 0 aliphatic heterocycles. The fourth-order valence-corrected chi connectivity index (χ4v) is 5.16. The number of ether oxygens (including phenoxy) is 1. The van der Waals surface area contributed by atoms with Crippen molar-refractivity contribution >= 4 is 35.0 Å². The molecule has 0 fully saturated rings. The van der Waals surface area contributed by atoms with Crippen LogP contribution in [0, 0.1) is 0 Å². The van der Waals surface area contributed by atoms with Gasteiger partial charge in [-0.3, -0.25) is 9.59 Å². The number of esters is 2. The van der Waals surface area contributed by atoms with Gasteiger partial charge in [0.15, 0.2) is 0 Å². The third-order valence-corrected chi connectivity index (χ3v) is 7.70. The molecule has 0 aliphatic carbocycles. The molecule has 3 nitrogen and oxygen atoms in total. The number of unbranched alkanes of at least 4 members (excludes halogenated alkanes) is 26. The van der Waals surface area contributed by atoms with Gasteiger partial charge in [0.25, 0.3) is 0 Å². The second kappa shape index (κ2) is 34.9. The van der Waals surface area contributed by atoms with Crippen molar-refractivity contribution in [3.8, 4) is 0 Å². The molecular formula is C34H68MgO3. The minimum Gasteiger partial charge on any atom is -1.00 e. The Labute approximate surface area is 257 Å². The van der Waals surface area contributed by atoms with Crippen molar-refractivity contribution in [2.45, 2.75) is 206 Å². The molecule has 0 bridgehead atoms. The zero-order valence-corrected chi connectivity index (χ0v) is 27.6. The van der Waals surface area contributed by atoms with E-state index in [1.807, 2.05) is 0 Å². The van der Waals surface area contributed by atoms with Crippen LogP contribution in [-0.4, -0.2) is 35.0 Å². The van der Waals surface area contributed by atoms with Crippen LogP contribution in [0.5, 0.6) is 0 Å². The van der Waals surface area contributed by atoms with Crippen molar-refractivity contribution in [1.82, 2.24) is 0 Å². The van der Waals surface area contributed by atoms with Crippen molar-refractivity contribution in [3.63, 3.8) is 0 Å². The molecule has 0 saturated carbocycles. The molecule has 0 aromatic carbocycles. The van der Waals surface area contributed by atoms with E-state index in [0.717, 1.165) is 25.7 Å². The van der Waals surface area contributed by atoms with Crippen LogP contribution in [0.25, 0.3) is 0 Å². The number of rotatable bonds is 30. The van der Waals surface area contributed by atoms with Crippen molar-refractivity contribution in [1.29, 1.82) is 0 Å². The fraction of sp³-hybridized carbons (Fsp3) is 0.941. The van der Waals surface area contributed by atoms with E-state index in [0.29, 0.717) is 12.8 Å². The first-order valence-electron chi connectivity index (χ1n) is 16.9. The average molecular weight is 549 g/mol. The third-order valence-electron chi connectivity index (χ3n) is 7.70. The van der Waals surface area contributed by atoms with Gasteiger partial charge >= 0.3 is 35.0 Å². The standard InChI is InChI=1S/C34H66O3.Mg.2H/c1-3-5-7-9-11-13-15-17-18-20-22-24-26-28-30-32-34(36)37-33(35)31-29-27-25-23-21-19-16-14-12-10-8-6-4-2;;;/h3-32H2,1-2H3;;;/q;+2;2*-1. The molecule has 0 unspecified atom stereocenters. The van der Waals surface area contributed by atoms with E-state index in [9.17, 15) is 9.59 Å². The summed E-state index contributed by atoms with van der Waals surface area (Å²) in [7, 11) is 0. The number of hydrogen-bond acceptors (Lipinski definition) is 3. The summed E-state index contributed by atoms with van der Waals surface area (Å²) in [5.41, 5.74) is 0. The van der Waals surface area contributed by atoms with E-state index in [4.69, 9.17) is 4.74 Å². The van der Waals surface area contributed by atoms with E-state index >= 15 is 0 Å². The first-order valence-corrected chi connectivity index (χ1v) is 16.9. The van der Waals surface area contributed by atoms with Gasteiger partial charge in [-0.05, 0) is 12.8 Å². The Morgan fingerprint density at radius 2 is 0.553 bits per heavy atom. The van der Waals surface area contributed by atoms with Gasteiger partial charge in [-0.1, -0.05) is 181 Å². The Morgan fingerprint density at radius 1 is 0.368 bits per heavy atom. The van der Waals surface area contributed by atoms with Crippen molar-refractivity contribution in [2.24, 2.45) is 0 Å². The van der Waals surface area contributed by atoms with Gasteiger partial charge in [-0.2, -0.15) is 0 Å². The molecule has 38 heavy (non-hydrogen) atoms. The van der Waals surface area contributed by atoms with Crippen molar-refractivity contribution < 1.29 is 17.2 Å². The molecule has 4 heteroatoms. The molecule has 0 heterocycles. The molecule has 0 atom stereocenters. The summed E-state index contributed by atoms with van der Waals surface area (Å²) >= 11 is 0. The Hall–Kier alpha value is -0.0938. The van der Waals surface area contributed by atoms with E-state index in [2.05, 4.69) is 13.8 Å². The van der Waals surface area contributed by atoms with Gasteiger partial charge in [-0.25, -0.2) is 0 Å². The van der Waals surface area contributed by atoms with Gasteiger partial charge in [0.05, 0.1) is 0 Å². The summed E-state index contributed by atoms with van der Waals surface area (Å²) in [5, 5.41) is 0. The van der Waals surface area contributed by atoms with E-state index in [1.54, 1.807) is 0 Å². The Kier molecular flexibility index (Phi) is 36.8. The summed E-state index contributed by atoms with van der Waals surface area (Å²) < 4.78 is 5.00. The minimum atomic E-state index is -0.325. The van der Waals surface area contributed by atoms with Gasteiger partial charge < -0.3 is 7.59 Å². The minimum absolute atomic E-state index is 0. The maximum absolute atomic E-state index is 11.9. The Bertz CT molecular complexity index is 492. The Morgan fingerprint density at radius 3 is 0.763 bits per heavy atom. The third kappa shape index (κ3) is 33.9. The number of carbonyl (C=O) groups excluding carboxylic acids is 2. The molecule has 0 saturated heterocycles. The molecular weight excluding hydrogens is 481 g/mol. The molecule has 224 valence electrons. The van der Waals surface area contributed by atoms with Crippen LogP contribution in [0.3, 0.4) is 0 Å². The summed E-state index contributed by atoms with van der Waals surface area (Å²) in [6.07, 6.45) is 37.2. The summed E-state index contributed by atoms with van der Waals surface area (Å²) in [4.78, 5) is 23.8. The zero-order chi connectivity index (χ0) is 27.1. The molecule has 0 amide bonds. The Balaban J connectivity index is -0.00000216. The largest absolute Gasteiger partial charge is 2.00 e. The fourth-order valence-electron chi connectivity index (χ4n) is 5.16. The SMILES string of the molecule is CCCCCCCCCCCCCCCCCC(=O)OC(=O)CCCCCCCCCCCCCCC.[H-].[H-].[Mg+2]. The van der Waals surface area contributed by atoms with Gasteiger partial charge in [-0.15, -0.1) is 0 Å². The number of carbonyl (C=O) groups is 2. The van der Waals surface area contributed by atoms with Crippen molar-refractivity contribution in [3.05, 3.63) is 0 Å². The predicted octanol–water partition coefficient (Wildman–Crippen LogP) is 11.6. The van der Waals surface area contributed by atoms with Crippen LogP contribution in [0.1, 0.15) is 209 Å². The van der Waals surface area contributed by atoms with Crippen molar-refractivity contribution in [2.75, 3.05) is 0 Å². The number of hydrogen-bond donors (Lipinski definition) is 0. The normalized spacial score (nSPS) is 10.9. The van der Waals surface area contributed by atoms with Crippen LogP contribution >= 0.6 is 0 Å². The maximum atomic E-state index is 11.9. The second-order valence-electron chi connectivity index (χ2n) is 11.5. The zero-order valence-electron chi connectivity index (χ0n) is 28.1. The maximum Gasteiger partial charge on any atom is 2.00 e. The van der Waals surface area contributed by atoms with Crippen LogP contribution in [-0.2, 0) is 14.3 Å². The second-order valence-corrected chi connectivity index (χ2v) is 11.5. The molecule has 0 rings (SSSR count). The van der Waals surface area contributed by atoms with Crippen LogP contribution in [0.4, 0.5) is 0 Å². The molecule has 0 N–H and O–H groups in total. The molecule has 0 aromatic rings.